The number of rotatable bonds is 13. The molecule has 38 heavy (non-hydrogen) atoms. The van der Waals surface area contributed by atoms with Crippen molar-refractivity contribution >= 4 is 40.5 Å². The molecule has 3 heterocycles. The number of benzene rings is 1. The van der Waals surface area contributed by atoms with Gasteiger partial charge in [0.2, 0.25) is 0 Å². The van der Waals surface area contributed by atoms with Crippen LogP contribution in [-0.4, -0.2) is 62.5 Å². The lowest BCUT2D eigenvalue weighted by molar-refractivity contribution is 0.0943. The highest BCUT2D eigenvalue weighted by molar-refractivity contribution is 7.18. The van der Waals surface area contributed by atoms with Gasteiger partial charge in [-0.2, -0.15) is 0 Å². The molecule has 1 N–H and O–H groups in total. The van der Waals surface area contributed by atoms with Gasteiger partial charge in [-0.1, -0.05) is 11.6 Å². The first-order valence-corrected chi connectivity index (χ1v) is 13.5. The number of ether oxygens (including phenoxy) is 3. The van der Waals surface area contributed by atoms with Crippen molar-refractivity contribution in [2.75, 3.05) is 44.9 Å². The highest BCUT2D eigenvalue weighted by atomic mass is 35.5. The van der Waals surface area contributed by atoms with Crippen molar-refractivity contribution in [2.45, 2.75) is 25.9 Å². The van der Waals surface area contributed by atoms with Gasteiger partial charge in [0.05, 0.1) is 28.1 Å². The summed E-state index contributed by atoms with van der Waals surface area (Å²) in [5.41, 5.74) is 1.89. The number of nitrogens with one attached hydrogen (secondary N) is 1. The summed E-state index contributed by atoms with van der Waals surface area (Å²) in [4.78, 5) is 40.1. The molecule has 0 unspecified atom stereocenters. The van der Waals surface area contributed by atoms with Crippen LogP contribution in [0.5, 0.6) is 5.75 Å². The number of cyclic esters (lactones) is 1. The third-order valence-corrected chi connectivity index (χ3v) is 7.37. The molecule has 0 spiro atoms. The smallest absolute Gasteiger partial charge is 0.414 e. The molecule has 4 rings (SSSR count). The Morgan fingerprint density at radius 3 is 2.74 bits per heavy atom. The van der Waals surface area contributed by atoms with Crippen molar-refractivity contribution in [1.82, 2.24) is 9.88 Å². The largest absolute Gasteiger partial charge is 0.487 e. The topological polar surface area (TPSA) is 99.1 Å². The van der Waals surface area contributed by atoms with Gasteiger partial charge in [-0.05, 0) is 61.4 Å². The fraction of sp³-hybridized carbons (Fsp3) is 0.370. The molecule has 0 radical (unpaired) electrons. The zero-order valence-corrected chi connectivity index (χ0v) is 22.8. The number of carbonyl (C=O) groups excluding carboxylic acids is 2. The van der Waals surface area contributed by atoms with E-state index in [-0.39, 0.29) is 29.6 Å². The predicted octanol–water partition coefficient (Wildman–Crippen LogP) is 4.46. The summed E-state index contributed by atoms with van der Waals surface area (Å²) in [7, 11) is 1.64. The van der Waals surface area contributed by atoms with Crippen LogP contribution in [-0.2, 0) is 9.47 Å². The summed E-state index contributed by atoms with van der Waals surface area (Å²) < 4.78 is 18.3. The first kappa shape index (κ1) is 27.8. The number of hydrogen-bond acceptors (Lipinski definition) is 8. The maximum Gasteiger partial charge on any atom is 0.414 e. The average molecular weight is 560 g/mol. The first-order valence-electron chi connectivity index (χ1n) is 12.3. The van der Waals surface area contributed by atoms with Crippen LogP contribution in [0, 0.1) is 6.92 Å². The Labute approximate surface area is 229 Å². The number of hydrogen-bond donors (Lipinski definition) is 1. The Morgan fingerprint density at radius 2 is 2.00 bits per heavy atom. The number of amides is 1. The van der Waals surface area contributed by atoms with E-state index in [9.17, 15) is 14.4 Å². The summed E-state index contributed by atoms with van der Waals surface area (Å²) >= 11 is 7.16. The highest BCUT2D eigenvalue weighted by Crippen LogP contribution is 2.28. The third-order valence-electron chi connectivity index (χ3n) is 6.10. The first-order chi connectivity index (χ1) is 18.4. The van der Waals surface area contributed by atoms with Crippen LogP contribution in [0.2, 0.25) is 4.34 Å². The number of pyridine rings is 1. The lowest BCUT2D eigenvalue weighted by Crippen LogP contribution is -2.27. The van der Waals surface area contributed by atoms with Gasteiger partial charge >= 0.3 is 6.09 Å². The number of Topliss-reactive ketones (excluding diaryl/α,β-unsaturated/α-hetero) is 1. The van der Waals surface area contributed by atoms with Crippen LogP contribution < -0.4 is 20.5 Å². The molecule has 11 heteroatoms. The summed E-state index contributed by atoms with van der Waals surface area (Å²) in [5.74, 6) is 0.241. The van der Waals surface area contributed by atoms with Crippen molar-refractivity contribution < 1.29 is 23.8 Å². The number of anilines is 1. The fourth-order valence-corrected chi connectivity index (χ4v) is 5.16. The molecule has 1 aromatic carbocycles. The van der Waals surface area contributed by atoms with E-state index < -0.39 is 6.09 Å². The lowest BCUT2D eigenvalue weighted by Gasteiger charge is -2.17. The third kappa shape index (κ3) is 6.82. The number of carbonyl (C=O) groups is 2. The maximum absolute atomic E-state index is 13.0. The van der Waals surface area contributed by atoms with E-state index in [1.807, 2.05) is 13.0 Å². The molecule has 1 aliphatic heterocycles. The van der Waals surface area contributed by atoms with Crippen molar-refractivity contribution in [3.05, 3.63) is 73.8 Å². The molecule has 1 fully saturated rings. The second kappa shape index (κ2) is 13.1. The Bertz CT molecular complexity index is 1340. The molecule has 2 aromatic heterocycles. The van der Waals surface area contributed by atoms with Crippen LogP contribution in [0.4, 0.5) is 10.5 Å². The van der Waals surface area contributed by atoms with Crippen LogP contribution in [0.3, 0.4) is 0 Å². The van der Waals surface area contributed by atoms with Crippen LogP contribution >= 0.6 is 22.9 Å². The van der Waals surface area contributed by atoms with Gasteiger partial charge in [-0.3, -0.25) is 19.1 Å². The molecule has 0 bridgehead atoms. The summed E-state index contributed by atoms with van der Waals surface area (Å²) in [6.07, 6.45) is 1.54. The number of thiophene rings is 1. The maximum atomic E-state index is 13.0. The molecule has 0 aliphatic carbocycles. The Balaban J connectivity index is 1.38. The predicted molar refractivity (Wildman–Crippen MR) is 148 cm³/mol. The van der Waals surface area contributed by atoms with E-state index in [1.54, 1.807) is 54.6 Å². The quantitative estimate of drug-likeness (QED) is 0.244. The number of nitrogens with zero attached hydrogens (tertiary/aromatic N) is 2. The number of ketones is 1. The summed E-state index contributed by atoms with van der Waals surface area (Å²) in [6.45, 7) is 4.48. The molecule has 3 aromatic rings. The van der Waals surface area contributed by atoms with E-state index >= 15 is 0 Å². The highest BCUT2D eigenvalue weighted by Gasteiger charge is 2.33. The molecule has 0 saturated carbocycles. The molecule has 1 amide bonds. The second-order valence-electron chi connectivity index (χ2n) is 8.79. The monoisotopic (exact) mass is 559 g/mol. The molecule has 202 valence electrons. The van der Waals surface area contributed by atoms with Gasteiger partial charge in [0.15, 0.2) is 11.5 Å². The zero-order chi connectivity index (χ0) is 27.1. The lowest BCUT2D eigenvalue weighted by atomic mass is 10.1. The van der Waals surface area contributed by atoms with Crippen LogP contribution in [0.25, 0.3) is 5.69 Å². The number of aromatic nitrogens is 1. The van der Waals surface area contributed by atoms with Crippen LogP contribution in [0.15, 0.2) is 53.5 Å². The van der Waals surface area contributed by atoms with Crippen molar-refractivity contribution in [3.8, 4) is 11.4 Å². The van der Waals surface area contributed by atoms with Gasteiger partial charge in [0.25, 0.3) is 5.56 Å². The van der Waals surface area contributed by atoms with Gasteiger partial charge < -0.3 is 19.5 Å². The number of methoxy groups -OCH3 is 1. The molecule has 1 atom stereocenters. The van der Waals surface area contributed by atoms with Gasteiger partial charge in [0.1, 0.15) is 12.7 Å². The minimum absolute atomic E-state index is 0.0180. The van der Waals surface area contributed by atoms with Gasteiger partial charge in [-0.25, -0.2) is 4.79 Å². The Kier molecular flexibility index (Phi) is 9.57. The second-order valence-corrected chi connectivity index (χ2v) is 10.5. The number of halogens is 1. The standard InChI is InChI=1S/C27H30ClN3O6S/c1-18-16-19(31-17-20(37-27(31)34)6-8-22(32)24-9-10-25(28)38-24)5-7-21(18)30-13-3-4-23(26(30)33)36-15-12-29-11-14-35-2/h3-5,7,9-10,13,16,20,29H,6,8,11-12,14-15,17H2,1-2H3/t20-/m0/s1. The molecule has 1 aliphatic rings. The van der Waals surface area contributed by atoms with Crippen LogP contribution in [0.1, 0.15) is 28.1 Å². The fourth-order valence-electron chi connectivity index (χ4n) is 4.15. The zero-order valence-electron chi connectivity index (χ0n) is 21.3. The molecular formula is C27H30ClN3O6S. The van der Waals surface area contributed by atoms with Crippen molar-refractivity contribution in [1.29, 1.82) is 0 Å². The van der Waals surface area contributed by atoms with E-state index in [2.05, 4.69) is 5.32 Å². The van der Waals surface area contributed by atoms with Gasteiger partial charge in [-0.15, -0.1) is 11.3 Å². The van der Waals surface area contributed by atoms with E-state index in [0.29, 0.717) is 59.9 Å². The van der Waals surface area contributed by atoms with E-state index in [0.717, 1.165) is 5.56 Å². The van der Waals surface area contributed by atoms with Crippen molar-refractivity contribution in [3.63, 3.8) is 0 Å². The Morgan fingerprint density at radius 1 is 1.18 bits per heavy atom. The average Bonchev–Trinajstić information content (AvgIpc) is 3.51. The van der Waals surface area contributed by atoms with E-state index in [4.69, 9.17) is 25.8 Å². The van der Waals surface area contributed by atoms with E-state index in [1.165, 1.54) is 15.9 Å². The molecular weight excluding hydrogens is 530 g/mol. The SMILES string of the molecule is COCCNCCOc1cccn(-c2ccc(N3C[C@H](CCC(=O)c4ccc(Cl)s4)OC3=O)cc2C)c1=O. The van der Waals surface area contributed by atoms with Crippen molar-refractivity contribution in [2.24, 2.45) is 0 Å². The molecule has 1 saturated heterocycles. The van der Waals surface area contributed by atoms with Gasteiger partial charge in [0, 0.05) is 38.5 Å². The normalized spacial score (nSPS) is 15.1. The summed E-state index contributed by atoms with van der Waals surface area (Å²) in [6, 6.07) is 12.2. The minimum Gasteiger partial charge on any atom is -0.487 e. The molecule has 9 nitrogen and oxygen atoms in total. The number of aryl methyl sites for hydroxylation is 1. The summed E-state index contributed by atoms with van der Waals surface area (Å²) in [5, 5.41) is 3.17. The minimum atomic E-state index is -0.458. The Hall–Kier alpha value is -3.18.